The van der Waals surface area contributed by atoms with Crippen LogP contribution in [0.3, 0.4) is 0 Å². The summed E-state index contributed by atoms with van der Waals surface area (Å²) in [5.74, 6) is -0.585. The highest BCUT2D eigenvalue weighted by Crippen LogP contribution is 2.27. The normalized spacial score (nSPS) is 21.9. The Hall–Kier alpha value is -1.82. The maximum absolute atomic E-state index is 12.6. The Morgan fingerprint density at radius 1 is 1.38 bits per heavy atom. The molecule has 0 saturated carbocycles. The molecule has 3 rings (SSSR count). The number of carbonyl (C=O) groups is 2. The second-order valence-electron chi connectivity index (χ2n) is 5.58. The molecule has 1 aromatic carbocycles. The van der Waals surface area contributed by atoms with Gasteiger partial charge in [-0.15, -0.1) is 0 Å². The Bertz CT molecular complexity index is 725. The van der Waals surface area contributed by atoms with Crippen molar-refractivity contribution in [2.45, 2.75) is 6.92 Å². The van der Waals surface area contributed by atoms with Crippen molar-refractivity contribution in [1.82, 2.24) is 9.88 Å². The Kier molecular flexibility index (Phi) is 3.49. The molecule has 0 bridgehead atoms. The number of rotatable bonds is 2. The third-order valence-corrected chi connectivity index (χ3v) is 4.80. The molecule has 1 aliphatic rings. The van der Waals surface area contributed by atoms with Crippen LogP contribution in [0, 0.1) is 11.8 Å². The molecule has 0 radical (unpaired) electrons. The fraction of sp³-hybridized carbons (Fsp3) is 0.333. The molecule has 1 saturated heterocycles. The SMILES string of the molecule is C[C@H]1CN(C(=O)c2cc3c(Br)cccc3[nH]2)C[C@@H]1C(N)=O. The number of aromatic nitrogens is 1. The molecular formula is C15H16BrN3O2. The van der Waals surface area contributed by atoms with Crippen LogP contribution in [0.4, 0.5) is 0 Å². The van der Waals surface area contributed by atoms with E-state index >= 15 is 0 Å². The Balaban J connectivity index is 1.88. The van der Waals surface area contributed by atoms with Gasteiger partial charge in [0.1, 0.15) is 5.69 Å². The number of primary amides is 1. The van der Waals surface area contributed by atoms with Gasteiger partial charge in [0.2, 0.25) is 5.91 Å². The van der Waals surface area contributed by atoms with Gasteiger partial charge in [-0.25, -0.2) is 0 Å². The van der Waals surface area contributed by atoms with Crippen molar-refractivity contribution < 1.29 is 9.59 Å². The predicted molar refractivity (Wildman–Crippen MR) is 83.8 cm³/mol. The van der Waals surface area contributed by atoms with E-state index in [-0.39, 0.29) is 23.7 Å². The largest absolute Gasteiger partial charge is 0.369 e. The number of fused-ring (bicyclic) bond motifs is 1. The highest BCUT2D eigenvalue weighted by atomic mass is 79.9. The van der Waals surface area contributed by atoms with Crippen LogP contribution in [0.1, 0.15) is 17.4 Å². The van der Waals surface area contributed by atoms with E-state index in [1.165, 1.54) is 0 Å². The van der Waals surface area contributed by atoms with Crippen molar-refractivity contribution in [2.75, 3.05) is 13.1 Å². The fourth-order valence-corrected chi connectivity index (χ4v) is 3.39. The van der Waals surface area contributed by atoms with Gasteiger partial charge < -0.3 is 15.6 Å². The quantitative estimate of drug-likeness (QED) is 0.870. The minimum Gasteiger partial charge on any atom is -0.369 e. The van der Waals surface area contributed by atoms with E-state index in [1.54, 1.807) is 4.90 Å². The van der Waals surface area contributed by atoms with E-state index in [1.807, 2.05) is 31.2 Å². The summed E-state index contributed by atoms with van der Waals surface area (Å²) in [6.45, 7) is 2.90. The van der Waals surface area contributed by atoms with Gasteiger partial charge in [-0.3, -0.25) is 9.59 Å². The molecule has 0 aliphatic carbocycles. The number of nitrogens with one attached hydrogen (secondary N) is 1. The van der Waals surface area contributed by atoms with Gasteiger partial charge in [0.25, 0.3) is 5.91 Å². The second kappa shape index (κ2) is 5.18. The molecule has 1 aromatic heterocycles. The summed E-state index contributed by atoms with van der Waals surface area (Å²) in [7, 11) is 0. The van der Waals surface area contributed by atoms with E-state index < -0.39 is 0 Å². The molecular weight excluding hydrogens is 334 g/mol. The fourth-order valence-electron chi connectivity index (χ4n) is 2.91. The molecule has 2 aromatic rings. The highest BCUT2D eigenvalue weighted by molar-refractivity contribution is 9.10. The van der Waals surface area contributed by atoms with E-state index in [0.29, 0.717) is 18.8 Å². The van der Waals surface area contributed by atoms with Crippen LogP contribution >= 0.6 is 15.9 Å². The summed E-state index contributed by atoms with van der Waals surface area (Å²) in [4.78, 5) is 28.8. The number of carbonyl (C=O) groups excluding carboxylic acids is 2. The van der Waals surface area contributed by atoms with E-state index in [9.17, 15) is 9.59 Å². The van der Waals surface area contributed by atoms with Gasteiger partial charge in [0.15, 0.2) is 0 Å². The minimum atomic E-state index is -0.336. The van der Waals surface area contributed by atoms with E-state index in [2.05, 4.69) is 20.9 Å². The molecule has 110 valence electrons. The van der Waals surface area contributed by atoms with Gasteiger partial charge >= 0.3 is 0 Å². The standard InChI is InChI=1S/C15H16BrN3O2/c1-8-6-19(7-10(8)14(17)20)15(21)13-5-9-11(16)3-2-4-12(9)18-13/h2-5,8,10,18H,6-7H2,1H3,(H2,17,20)/t8-,10-/m0/s1. The van der Waals surface area contributed by atoms with Crippen molar-refractivity contribution in [1.29, 1.82) is 0 Å². The summed E-state index contributed by atoms with van der Waals surface area (Å²) < 4.78 is 0.945. The van der Waals surface area contributed by atoms with Gasteiger partial charge in [-0.2, -0.15) is 0 Å². The topological polar surface area (TPSA) is 79.2 Å². The van der Waals surface area contributed by atoms with Crippen LogP contribution in [0.25, 0.3) is 10.9 Å². The third-order valence-electron chi connectivity index (χ3n) is 4.11. The first kappa shape index (κ1) is 14.1. The third kappa shape index (κ3) is 2.44. The van der Waals surface area contributed by atoms with Crippen LogP contribution in [0.5, 0.6) is 0 Å². The first-order chi connectivity index (χ1) is 9.97. The average molecular weight is 350 g/mol. The number of nitrogens with zero attached hydrogens (tertiary/aromatic N) is 1. The second-order valence-corrected chi connectivity index (χ2v) is 6.43. The molecule has 1 aliphatic heterocycles. The number of hydrogen-bond donors (Lipinski definition) is 2. The first-order valence-corrected chi connectivity index (χ1v) is 7.62. The lowest BCUT2D eigenvalue weighted by Crippen LogP contribution is -2.32. The molecule has 3 N–H and O–H groups in total. The molecule has 21 heavy (non-hydrogen) atoms. The molecule has 2 atom stereocenters. The van der Waals surface area contributed by atoms with Crippen molar-refractivity contribution in [2.24, 2.45) is 17.6 Å². The van der Waals surface area contributed by atoms with Crippen LogP contribution in [-0.2, 0) is 4.79 Å². The summed E-state index contributed by atoms with van der Waals surface area (Å²) in [6, 6.07) is 7.61. The van der Waals surface area contributed by atoms with E-state index in [4.69, 9.17) is 5.73 Å². The van der Waals surface area contributed by atoms with Crippen molar-refractivity contribution in [3.63, 3.8) is 0 Å². The zero-order valence-electron chi connectivity index (χ0n) is 11.6. The lowest BCUT2D eigenvalue weighted by Gasteiger charge is -2.14. The number of H-pyrrole nitrogens is 1. The number of amides is 2. The highest BCUT2D eigenvalue weighted by Gasteiger charge is 2.36. The number of halogens is 1. The van der Waals surface area contributed by atoms with Crippen LogP contribution in [0.2, 0.25) is 0 Å². The Labute approximate surface area is 130 Å². The van der Waals surface area contributed by atoms with Crippen LogP contribution < -0.4 is 5.73 Å². The smallest absolute Gasteiger partial charge is 0.270 e. The summed E-state index contributed by atoms with van der Waals surface area (Å²) >= 11 is 3.47. The molecule has 0 spiro atoms. The lowest BCUT2D eigenvalue weighted by molar-refractivity contribution is -0.122. The van der Waals surface area contributed by atoms with E-state index in [0.717, 1.165) is 15.4 Å². The number of nitrogens with two attached hydrogens (primary N) is 1. The Morgan fingerprint density at radius 3 is 2.76 bits per heavy atom. The molecule has 6 heteroatoms. The van der Waals surface area contributed by atoms with Crippen LogP contribution in [0.15, 0.2) is 28.7 Å². The summed E-state index contributed by atoms with van der Waals surface area (Å²) in [6.07, 6.45) is 0. The average Bonchev–Trinajstić information content (AvgIpc) is 3.02. The Morgan fingerprint density at radius 2 is 2.14 bits per heavy atom. The zero-order chi connectivity index (χ0) is 15.1. The lowest BCUT2D eigenvalue weighted by atomic mass is 9.98. The molecule has 2 amide bonds. The maximum Gasteiger partial charge on any atom is 0.270 e. The predicted octanol–water partition coefficient (Wildman–Crippen LogP) is 2.12. The number of likely N-dealkylation sites (tertiary alicyclic amines) is 1. The van der Waals surface area contributed by atoms with Crippen LogP contribution in [-0.4, -0.2) is 34.8 Å². The summed E-state index contributed by atoms with van der Waals surface area (Å²) in [5.41, 5.74) is 6.82. The van der Waals surface area contributed by atoms with Gasteiger partial charge in [-0.1, -0.05) is 28.9 Å². The maximum atomic E-state index is 12.6. The number of benzene rings is 1. The molecule has 0 unspecified atom stereocenters. The first-order valence-electron chi connectivity index (χ1n) is 6.83. The minimum absolute atomic E-state index is 0.0892. The summed E-state index contributed by atoms with van der Waals surface area (Å²) in [5, 5.41) is 0.972. The number of hydrogen-bond acceptors (Lipinski definition) is 2. The molecule has 2 heterocycles. The van der Waals surface area contributed by atoms with Crippen molar-refractivity contribution in [3.8, 4) is 0 Å². The molecule has 5 nitrogen and oxygen atoms in total. The monoisotopic (exact) mass is 349 g/mol. The molecule has 1 fully saturated rings. The van der Waals surface area contributed by atoms with Gasteiger partial charge in [0.05, 0.1) is 5.92 Å². The van der Waals surface area contributed by atoms with Crippen molar-refractivity contribution >= 4 is 38.6 Å². The van der Waals surface area contributed by atoms with Gasteiger partial charge in [-0.05, 0) is 24.1 Å². The number of aromatic amines is 1. The zero-order valence-corrected chi connectivity index (χ0v) is 13.2. The van der Waals surface area contributed by atoms with Crippen molar-refractivity contribution in [3.05, 3.63) is 34.4 Å². The van der Waals surface area contributed by atoms with Gasteiger partial charge in [0, 0.05) is 28.5 Å².